The number of aryl methyl sites for hydroxylation is 2. The van der Waals surface area contributed by atoms with E-state index in [0.29, 0.717) is 46.6 Å². The Balaban J connectivity index is 1.26. The van der Waals surface area contributed by atoms with Crippen LogP contribution < -0.4 is 15.4 Å². The summed E-state index contributed by atoms with van der Waals surface area (Å²) in [5, 5.41) is 29.4. The molecule has 0 radical (unpaired) electrons. The molecule has 2 aromatic heterocycles. The normalized spacial score (nSPS) is 10.9. The summed E-state index contributed by atoms with van der Waals surface area (Å²) in [6.07, 6.45) is 1.24. The molecule has 11 nitrogen and oxygen atoms in total. The molecule has 39 heavy (non-hydrogen) atoms. The van der Waals surface area contributed by atoms with E-state index in [1.54, 1.807) is 7.11 Å². The fourth-order valence-corrected chi connectivity index (χ4v) is 4.54. The SMILES string of the molecule is COc1ccc(C)cc1NC(=O)Nc1ccc(-c2nnc(CCc3c(Cl)cccc3-c3nn[nH]n3)n2C)cc1. The van der Waals surface area contributed by atoms with Gasteiger partial charge in [-0.05, 0) is 72.1 Å². The monoisotopic (exact) mass is 543 g/mol. The van der Waals surface area contributed by atoms with Crippen LogP contribution in [0.5, 0.6) is 5.75 Å². The summed E-state index contributed by atoms with van der Waals surface area (Å²) in [5.74, 6) is 2.59. The minimum Gasteiger partial charge on any atom is -0.495 e. The summed E-state index contributed by atoms with van der Waals surface area (Å²) in [4.78, 5) is 12.6. The average molecular weight is 544 g/mol. The minimum absolute atomic E-state index is 0.368. The standard InChI is InChI=1S/C27H26ClN9O2/c1-16-7-13-23(39-3)22(15-16)30-27(38)29-18-10-8-17(9-11-18)26-34-31-24(37(26)2)14-12-19-20(5-4-6-21(19)28)25-32-35-36-33-25/h4-11,13,15H,12,14H2,1-3H3,(H2,29,30,38)(H,32,33,35,36). The van der Waals surface area contributed by atoms with E-state index in [0.717, 1.165) is 28.1 Å². The zero-order chi connectivity index (χ0) is 27.4. The molecule has 0 unspecified atom stereocenters. The Labute approximate surface area is 229 Å². The number of halogens is 1. The molecule has 2 heterocycles. The number of aromatic nitrogens is 7. The number of carbonyl (C=O) groups is 1. The van der Waals surface area contributed by atoms with Crippen molar-refractivity contribution in [3.63, 3.8) is 0 Å². The van der Waals surface area contributed by atoms with Gasteiger partial charge < -0.3 is 19.9 Å². The highest BCUT2D eigenvalue weighted by atomic mass is 35.5. The van der Waals surface area contributed by atoms with Crippen LogP contribution in [0.3, 0.4) is 0 Å². The van der Waals surface area contributed by atoms with Gasteiger partial charge in [0.1, 0.15) is 11.6 Å². The smallest absolute Gasteiger partial charge is 0.323 e. The number of nitrogens with zero attached hydrogens (tertiary/aromatic N) is 6. The summed E-state index contributed by atoms with van der Waals surface area (Å²) >= 11 is 6.50. The van der Waals surface area contributed by atoms with Gasteiger partial charge in [0.25, 0.3) is 0 Å². The van der Waals surface area contributed by atoms with Gasteiger partial charge in [-0.2, -0.15) is 5.21 Å². The topological polar surface area (TPSA) is 136 Å². The van der Waals surface area contributed by atoms with E-state index in [-0.39, 0.29) is 6.03 Å². The lowest BCUT2D eigenvalue weighted by atomic mass is 10.0. The fraction of sp³-hybridized carbons (Fsp3) is 0.185. The zero-order valence-corrected chi connectivity index (χ0v) is 22.3. The first-order chi connectivity index (χ1) is 18.9. The van der Waals surface area contributed by atoms with E-state index in [1.807, 2.05) is 79.2 Å². The first-order valence-corrected chi connectivity index (χ1v) is 12.5. The van der Waals surface area contributed by atoms with Gasteiger partial charge in [0.15, 0.2) is 5.82 Å². The van der Waals surface area contributed by atoms with E-state index in [1.165, 1.54) is 0 Å². The molecular weight excluding hydrogens is 518 g/mol. The van der Waals surface area contributed by atoms with Crippen LogP contribution in [0.2, 0.25) is 5.02 Å². The lowest BCUT2D eigenvalue weighted by Gasteiger charge is -2.12. The maximum atomic E-state index is 12.6. The van der Waals surface area contributed by atoms with Crippen LogP contribution in [0.25, 0.3) is 22.8 Å². The lowest BCUT2D eigenvalue weighted by Crippen LogP contribution is -2.19. The summed E-state index contributed by atoms with van der Waals surface area (Å²) < 4.78 is 7.28. The highest BCUT2D eigenvalue weighted by Gasteiger charge is 2.16. The van der Waals surface area contributed by atoms with Crippen LogP contribution in [0.1, 0.15) is 17.0 Å². The second-order valence-corrected chi connectivity index (χ2v) is 9.27. The van der Waals surface area contributed by atoms with Crippen molar-refractivity contribution in [3.05, 3.63) is 82.6 Å². The van der Waals surface area contributed by atoms with Crippen LogP contribution in [0.15, 0.2) is 60.7 Å². The molecule has 0 fully saturated rings. The predicted molar refractivity (Wildman–Crippen MR) is 149 cm³/mol. The van der Waals surface area contributed by atoms with Crippen LogP contribution >= 0.6 is 11.6 Å². The first-order valence-electron chi connectivity index (χ1n) is 12.2. The Bertz CT molecular complexity index is 1600. The van der Waals surface area contributed by atoms with E-state index in [4.69, 9.17) is 16.3 Å². The summed E-state index contributed by atoms with van der Waals surface area (Å²) in [5.41, 5.74) is 4.86. The van der Waals surface area contributed by atoms with Crippen LogP contribution in [0.4, 0.5) is 16.2 Å². The van der Waals surface area contributed by atoms with Gasteiger partial charge in [-0.3, -0.25) is 0 Å². The Morgan fingerprint density at radius 1 is 1.03 bits per heavy atom. The Morgan fingerprint density at radius 3 is 2.59 bits per heavy atom. The third-order valence-electron chi connectivity index (χ3n) is 6.27. The molecule has 0 bridgehead atoms. The summed E-state index contributed by atoms with van der Waals surface area (Å²) in [7, 11) is 3.49. The van der Waals surface area contributed by atoms with Gasteiger partial charge in [0.05, 0.1) is 12.8 Å². The number of urea groups is 1. The van der Waals surface area contributed by atoms with Gasteiger partial charge in [0.2, 0.25) is 5.82 Å². The van der Waals surface area contributed by atoms with Crippen LogP contribution in [0, 0.1) is 6.92 Å². The van der Waals surface area contributed by atoms with E-state index >= 15 is 0 Å². The molecule has 2 amide bonds. The van der Waals surface area contributed by atoms with Crippen LogP contribution in [-0.2, 0) is 19.9 Å². The number of hydrogen-bond donors (Lipinski definition) is 3. The molecule has 5 aromatic rings. The molecule has 0 aliphatic rings. The number of aromatic amines is 1. The molecule has 5 rings (SSSR count). The van der Waals surface area contributed by atoms with Gasteiger partial charge in [0, 0.05) is 35.3 Å². The largest absolute Gasteiger partial charge is 0.495 e. The number of nitrogens with one attached hydrogen (secondary N) is 3. The number of rotatable bonds is 8. The van der Waals surface area contributed by atoms with Crippen molar-refractivity contribution >= 4 is 29.0 Å². The number of carbonyl (C=O) groups excluding carboxylic acids is 1. The quantitative estimate of drug-likeness (QED) is 0.249. The van der Waals surface area contributed by atoms with E-state index < -0.39 is 0 Å². The molecule has 0 spiro atoms. The molecule has 3 N–H and O–H groups in total. The van der Waals surface area contributed by atoms with Crippen molar-refractivity contribution in [1.82, 2.24) is 35.4 Å². The molecule has 0 aliphatic carbocycles. The summed E-state index contributed by atoms with van der Waals surface area (Å²) in [6.45, 7) is 1.95. The lowest BCUT2D eigenvalue weighted by molar-refractivity contribution is 0.262. The Kier molecular flexibility index (Phi) is 7.50. The predicted octanol–water partition coefficient (Wildman–Crippen LogP) is 5.06. The number of hydrogen-bond acceptors (Lipinski definition) is 7. The van der Waals surface area contributed by atoms with Crippen molar-refractivity contribution in [3.8, 4) is 28.5 Å². The fourth-order valence-electron chi connectivity index (χ4n) is 4.27. The van der Waals surface area contributed by atoms with E-state index in [9.17, 15) is 4.79 Å². The number of H-pyrrole nitrogens is 1. The molecule has 0 saturated carbocycles. The number of benzene rings is 3. The highest BCUT2D eigenvalue weighted by Crippen LogP contribution is 2.29. The van der Waals surface area contributed by atoms with Crippen molar-refractivity contribution < 1.29 is 9.53 Å². The van der Waals surface area contributed by atoms with Gasteiger partial charge in [-0.25, -0.2) is 4.79 Å². The van der Waals surface area contributed by atoms with Gasteiger partial charge in [-0.15, -0.1) is 20.4 Å². The van der Waals surface area contributed by atoms with Gasteiger partial charge >= 0.3 is 6.03 Å². The number of anilines is 2. The van der Waals surface area contributed by atoms with Crippen molar-refractivity contribution in [2.24, 2.45) is 7.05 Å². The van der Waals surface area contributed by atoms with E-state index in [2.05, 4.69) is 41.5 Å². The van der Waals surface area contributed by atoms with Crippen molar-refractivity contribution in [2.45, 2.75) is 19.8 Å². The number of tetrazole rings is 1. The van der Waals surface area contributed by atoms with Crippen molar-refractivity contribution in [2.75, 3.05) is 17.7 Å². The molecule has 12 heteroatoms. The average Bonchev–Trinajstić information content (AvgIpc) is 3.59. The number of amides is 2. The van der Waals surface area contributed by atoms with Crippen molar-refractivity contribution in [1.29, 1.82) is 0 Å². The van der Waals surface area contributed by atoms with Crippen LogP contribution in [-0.4, -0.2) is 48.5 Å². The molecule has 3 aromatic carbocycles. The maximum Gasteiger partial charge on any atom is 0.323 e. The second kappa shape index (κ2) is 11.3. The maximum absolute atomic E-state index is 12.6. The third-order valence-corrected chi connectivity index (χ3v) is 6.63. The van der Waals surface area contributed by atoms with Gasteiger partial charge in [-0.1, -0.05) is 29.8 Å². The molecule has 0 atom stereocenters. The Hall–Kier alpha value is -4.77. The molecular formula is C27H26ClN9O2. The Morgan fingerprint density at radius 2 is 1.85 bits per heavy atom. The second-order valence-electron chi connectivity index (χ2n) is 8.86. The first kappa shape index (κ1) is 25.9. The molecule has 0 saturated heterocycles. The minimum atomic E-state index is -0.368. The molecule has 0 aliphatic heterocycles. The third kappa shape index (κ3) is 5.73. The number of methoxy groups -OCH3 is 1. The number of ether oxygens (including phenoxy) is 1. The highest BCUT2D eigenvalue weighted by molar-refractivity contribution is 6.31. The zero-order valence-electron chi connectivity index (χ0n) is 21.6. The molecule has 198 valence electrons. The summed E-state index contributed by atoms with van der Waals surface area (Å²) in [6, 6.07) is 18.3.